The molecular weight excluding hydrogens is 271 g/mol. The number of halogens is 1. The van der Waals surface area contributed by atoms with Crippen LogP contribution in [0.4, 0.5) is 16.3 Å². The Hall–Kier alpha value is -3.01. The van der Waals surface area contributed by atoms with E-state index in [0.717, 1.165) is 0 Å². The van der Waals surface area contributed by atoms with Gasteiger partial charge in [-0.2, -0.15) is 20.2 Å². The van der Waals surface area contributed by atoms with Gasteiger partial charge >= 0.3 is 0 Å². The molecule has 0 aliphatic heterocycles. The van der Waals surface area contributed by atoms with Gasteiger partial charge in [0.2, 0.25) is 11.9 Å². The van der Waals surface area contributed by atoms with Crippen LogP contribution in [0.3, 0.4) is 0 Å². The van der Waals surface area contributed by atoms with E-state index in [1.54, 1.807) is 31.1 Å². The summed E-state index contributed by atoms with van der Waals surface area (Å²) in [6, 6.07) is 7.87. The highest BCUT2D eigenvalue weighted by Gasteiger charge is 2.10. The summed E-state index contributed by atoms with van der Waals surface area (Å²) in [5.41, 5.74) is 6.34. The molecule has 106 valence electrons. The number of nitrogens with two attached hydrogens (primary N) is 1. The third-order valence-corrected chi connectivity index (χ3v) is 2.56. The maximum absolute atomic E-state index is 13.2. The minimum atomic E-state index is -0.384. The number of rotatable bonds is 3. The smallest absolute Gasteiger partial charge is 0.230 e. The molecule has 1 aromatic carbocycles. The number of allylic oxidation sites excluding steroid dienone is 1. The first-order chi connectivity index (χ1) is 9.99. The monoisotopic (exact) mass is 284 g/mol. The fraction of sp³-hybridized carbons (Fsp3) is 0.143. The molecule has 0 aliphatic carbocycles. The van der Waals surface area contributed by atoms with Crippen LogP contribution in [-0.2, 0) is 0 Å². The van der Waals surface area contributed by atoms with E-state index in [1.165, 1.54) is 18.2 Å². The molecule has 0 bridgehead atoms. The third-order valence-electron chi connectivity index (χ3n) is 2.56. The molecule has 0 fully saturated rings. The van der Waals surface area contributed by atoms with Crippen LogP contribution >= 0.6 is 0 Å². The van der Waals surface area contributed by atoms with Crippen LogP contribution in [0.1, 0.15) is 11.4 Å². The molecule has 21 heavy (non-hydrogen) atoms. The van der Waals surface area contributed by atoms with Crippen LogP contribution < -0.4 is 10.6 Å². The lowest BCUT2D eigenvalue weighted by atomic mass is 10.1. The van der Waals surface area contributed by atoms with Crippen molar-refractivity contribution < 1.29 is 4.39 Å². The quantitative estimate of drug-likeness (QED) is 0.863. The second-order valence-corrected chi connectivity index (χ2v) is 4.44. The van der Waals surface area contributed by atoms with Crippen LogP contribution in [0.15, 0.2) is 24.3 Å². The number of anilines is 2. The highest BCUT2D eigenvalue weighted by atomic mass is 19.1. The molecule has 7 heteroatoms. The molecular formula is C14H13FN6. The van der Waals surface area contributed by atoms with Crippen LogP contribution in [0.2, 0.25) is 0 Å². The number of nitriles is 1. The number of aromatic nitrogens is 3. The zero-order valence-electron chi connectivity index (χ0n) is 11.6. The maximum atomic E-state index is 13.2. The number of nitrogen functional groups attached to an aromatic ring is 1. The lowest BCUT2D eigenvalue weighted by Gasteiger charge is -2.10. The summed E-state index contributed by atoms with van der Waals surface area (Å²) >= 11 is 0. The molecule has 1 aromatic heterocycles. The van der Waals surface area contributed by atoms with Crippen molar-refractivity contribution in [1.29, 1.82) is 5.26 Å². The third kappa shape index (κ3) is 3.51. The van der Waals surface area contributed by atoms with Crippen molar-refractivity contribution >= 4 is 23.5 Å². The van der Waals surface area contributed by atoms with Gasteiger partial charge in [-0.05, 0) is 23.8 Å². The molecule has 1 heterocycles. The molecule has 0 saturated heterocycles. The zero-order chi connectivity index (χ0) is 15.4. The summed E-state index contributed by atoms with van der Waals surface area (Å²) in [5, 5.41) is 9.26. The van der Waals surface area contributed by atoms with Gasteiger partial charge in [0.1, 0.15) is 11.9 Å². The van der Waals surface area contributed by atoms with Crippen molar-refractivity contribution in [3.8, 4) is 6.07 Å². The normalized spacial score (nSPS) is 11.0. The Kier molecular flexibility index (Phi) is 4.09. The molecule has 2 N–H and O–H groups in total. The fourth-order valence-corrected chi connectivity index (χ4v) is 1.61. The SMILES string of the molecule is CN(C)c1nc(N)nc(C(C#N)=Cc2cccc(F)c2)n1. The first kappa shape index (κ1) is 14.4. The molecule has 0 amide bonds. The number of nitrogens with zero attached hydrogens (tertiary/aromatic N) is 5. The van der Waals surface area contributed by atoms with Crippen LogP contribution in [0.25, 0.3) is 11.6 Å². The second-order valence-electron chi connectivity index (χ2n) is 4.44. The van der Waals surface area contributed by atoms with Crippen molar-refractivity contribution in [2.24, 2.45) is 0 Å². The first-order valence-electron chi connectivity index (χ1n) is 6.06. The van der Waals surface area contributed by atoms with E-state index in [2.05, 4.69) is 15.0 Å². The van der Waals surface area contributed by atoms with E-state index >= 15 is 0 Å². The van der Waals surface area contributed by atoms with Gasteiger partial charge in [-0.15, -0.1) is 0 Å². The number of hydrogen-bond acceptors (Lipinski definition) is 6. The highest BCUT2D eigenvalue weighted by Crippen LogP contribution is 2.17. The summed E-state index contributed by atoms with van der Waals surface area (Å²) < 4.78 is 13.2. The molecule has 0 saturated carbocycles. The standard InChI is InChI=1S/C14H13FN6/c1-21(2)14-19-12(18-13(17)20-14)10(8-16)6-9-4-3-5-11(15)7-9/h3-7H,1-2H3,(H2,17,18,19,20). The van der Waals surface area contributed by atoms with Crippen molar-refractivity contribution in [2.75, 3.05) is 24.7 Å². The summed E-state index contributed by atoms with van der Waals surface area (Å²) in [6.07, 6.45) is 1.50. The molecule has 0 spiro atoms. The minimum Gasteiger partial charge on any atom is -0.368 e. The Bertz CT molecular complexity index is 732. The highest BCUT2D eigenvalue weighted by molar-refractivity contribution is 5.87. The van der Waals surface area contributed by atoms with Crippen molar-refractivity contribution in [1.82, 2.24) is 15.0 Å². The predicted octanol–water partition coefficient (Wildman–Crippen LogP) is 1.72. The topological polar surface area (TPSA) is 91.7 Å². The maximum Gasteiger partial charge on any atom is 0.230 e. The van der Waals surface area contributed by atoms with Gasteiger partial charge in [-0.1, -0.05) is 12.1 Å². The van der Waals surface area contributed by atoms with Gasteiger partial charge in [0, 0.05) is 14.1 Å². The average molecular weight is 284 g/mol. The van der Waals surface area contributed by atoms with E-state index in [0.29, 0.717) is 11.5 Å². The molecule has 0 unspecified atom stereocenters. The van der Waals surface area contributed by atoms with Gasteiger partial charge in [-0.25, -0.2) is 4.39 Å². The van der Waals surface area contributed by atoms with Crippen molar-refractivity contribution in [2.45, 2.75) is 0 Å². The van der Waals surface area contributed by atoms with Crippen molar-refractivity contribution in [3.63, 3.8) is 0 Å². The Morgan fingerprint density at radius 2 is 2.10 bits per heavy atom. The minimum absolute atomic E-state index is 0.0177. The number of benzene rings is 1. The van der Waals surface area contributed by atoms with E-state index < -0.39 is 0 Å². The molecule has 0 atom stereocenters. The van der Waals surface area contributed by atoms with Gasteiger partial charge in [0.25, 0.3) is 0 Å². The van der Waals surface area contributed by atoms with Crippen molar-refractivity contribution in [3.05, 3.63) is 41.5 Å². The van der Waals surface area contributed by atoms with Gasteiger partial charge in [-0.3, -0.25) is 0 Å². The molecule has 2 rings (SSSR count). The predicted molar refractivity (Wildman–Crippen MR) is 78.5 cm³/mol. The van der Waals surface area contributed by atoms with Crippen LogP contribution in [-0.4, -0.2) is 29.0 Å². The van der Waals surface area contributed by atoms with Gasteiger partial charge < -0.3 is 10.6 Å². The van der Waals surface area contributed by atoms with E-state index in [9.17, 15) is 9.65 Å². The summed E-state index contributed by atoms with van der Waals surface area (Å²) in [7, 11) is 3.50. The first-order valence-corrected chi connectivity index (χ1v) is 6.06. The fourth-order valence-electron chi connectivity index (χ4n) is 1.61. The lowest BCUT2D eigenvalue weighted by Crippen LogP contribution is -2.15. The van der Waals surface area contributed by atoms with Crippen LogP contribution in [0.5, 0.6) is 0 Å². The molecule has 0 aliphatic rings. The van der Waals surface area contributed by atoms with Gasteiger partial charge in [0.15, 0.2) is 5.82 Å². The lowest BCUT2D eigenvalue weighted by molar-refractivity contribution is 0.627. The van der Waals surface area contributed by atoms with E-state index in [-0.39, 0.29) is 23.2 Å². The van der Waals surface area contributed by atoms with Crippen LogP contribution in [0, 0.1) is 17.1 Å². The Morgan fingerprint density at radius 1 is 1.33 bits per heavy atom. The van der Waals surface area contributed by atoms with Gasteiger partial charge in [0.05, 0.1) is 5.57 Å². The Balaban J connectivity index is 2.49. The summed E-state index contributed by atoms with van der Waals surface area (Å²) in [4.78, 5) is 13.7. The Labute approximate surface area is 121 Å². The number of hydrogen-bond donors (Lipinski definition) is 1. The van der Waals surface area contributed by atoms with E-state index in [4.69, 9.17) is 5.73 Å². The average Bonchev–Trinajstić information content (AvgIpc) is 2.44. The zero-order valence-corrected chi connectivity index (χ0v) is 11.6. The Morgan fingerprint density at radius 3 is 2.71 bits per heavy atom. The largest absolute Gasteiger partial charge is 0.368 e. The molecule has 2 aromatic rings. The second kappa shape index (κ2) is 5.96. The van der Waals surface area contributed by atoms with E-state index in [1.807, 2.05) is 6.07 Å². The summed E-state index contributed by atoms with van der Waals surface area (Å²) in [6.45, 7) is 0. The summed E-state index contributed by atoms with van der Waals surface area (Å²) in [5.74, 6) is 0.130. The molecule has 6 nitrogen and oxygen atoms in total. The molecule has 0 radical (unpaired) electrons.